The van der Waals surface area contributed by atoms with Crippen LogP contribution in [0.15, 0.2) is 43.0 Å². The van der Waals surface area contributed by atoms with Crippen molar-refractivity contribution < 1.29 is 0 Å². The molecular weight excluding hydrogens is 200 g/mol. The molecule has 16 heavy (non-hydrogen) atoms. The van der Waals surface area contributed by atoms with Crippen molar-refractivity contribution in [3.8, 4) is 0 Å². The number of nitrogens with two attached hydrogens (primary N) is 1. The molecule has 4 nitrogen and oxygen atoms in total. The van der Waals surface area contributed by atoms with Crippen LogP contribution in [-0.4, -0.2) is 20.8 Å². The molecule has 2 rings (SSSR count). The zero-order valence-electron chi connectivity index (χ0n) is 9.32. The fourth-order valence-electron chi connectivity index (χ4n) is 1.83. The number of aromatic nitrogens is 3. The summed E-state index contributed by atoms with van der Waals surface area (Å²) >= 11 is 0. The highest BCUT2D eigenvalue weighted by Gasteiger charge is 2.20. The fraction of sp³-hybridized carbons (Fsp3) is 0.333. The van der Waals surface area contributed by atoms with Gasteiger partial charge in [0.2, 0.25) is 0 Å². The van der Waals surface area contributed by atoms with E-state index in [1.54, 1.807) is 18.6 Å². The van der Waals surface area contributed by atoms with E-state index in [0.29, 0.717) is 0 Å². The molecule has 4 heteroatoms. The molecule has 2 unspecified atom stereocenters. The smallest absolute Gasteiger partial charge is 0.0920 e. The average Bonchev–Trinajstić information content (AvgIpc) is 2.84. The Morgan fingerprint density at radius 2 is 2.06 bits per heavy atom. The van der Waals surface area contributed by atoms with Gasteiger partial charge in [-0.3, -0.25) is 9.67 Å². The Labute approximate surface area is 95.1 Å². The summed E-state index contributed by atoms with van der Waals surface area (Å²) in [6, 6.07) is 6.03. The Hall–Kier alpha value is -1.68. The van der Waals surface area contributed by atoms with Crippen LogP contribution in [0.3, 0.4) is 0 Å². The van der Waals surface area contributed by atoms with E-state index < -0.39 is 0 Å². The van der Waals surface area contributed by atoms with Gasteiger partial charge in [-0.2, -0.15) is 5.10 Å². The lowest BCUT2D eigenvalue weighted by molar-refractivity contribution is 0.424. The van der Waals surface area contributed by atoms with Crippen LogP contribution >= 0.6 is 0 Å². The Balaban J connectivity index is 2.36. The predicted molar refractivity (Wildman–Crippen MR) is 62.9 cm³/mol. The summed E-state index contributed by atoms with van der Waals surface area (Å²) in [4.78, 5) is 4.02. The van der Waals surface area contributed by atoms with E-state index in [9.17, 15) is 0 Å². The van der Waals surface area contributed by atoms with Gasteiger partial charge >= 0.3 is 0 Å². The molecule has 0 amide bonds. The van der Waals surface area contributed by atoms with E-state index in [4.69, 9.17) is 5.73 Å². The van der Waals surface area contributed by atoms with Gasteiger partial charge in [-0.1, -0.05) is 6.92 Å². The molecule has 0 aliphatic heterocycles. The van der Waals surface area contributed by atoms with E-state index in [0.717, 1.165) is 12.0 Å². The largest absolute Gasteiger partial charge is 0.326 e. The molecule has 2 heterocycles. The topological polar surface area (TPSA) is 56.7 Å². The maximum absolute atomic E-state index is 6.16. The number of rotatable bonds is 4. The van der Waals surface area contributed by atoms with Crippen LogP contribution in [0.1, 0.15) is 24.9 Å². The van der Waals surface area contributed by atoms with Crippen molar-refractivity contribution in [1.29, 1.82) is 0 Å². The lowest BCUT2D eigenvalue weighted by Gasteiger charge is -2.23. The van der Waals surface area contributed by atoms with Crippen LogP contribution in [0.4, 0.5) is 0 Å². The maximum atomic E-state index is 6.16. The lowest BCUT2D eigenvalue weighted by atomic mass is 9.99. The summed E-state index contributed by atoms with van der Waals surface area (Å²) in [6.07, 6.45) is 8.20. The van der Waals surface area contributed by atoms with Gasteiger partial charge in [0.25, 0.3) is 0 Å². The first-order chi connectivity index (χ1) is 7.83. The van der Waals surface area contributed by atoms with Crippen molar-refractivity contribution in [2.45, 2.75) is 25.4 Å². The summed E-state index contributed by atoms with van der Waals surface area (Å²) in [5.74, 6) is 0. The molecule has 2 aromatic rings. The van der Waals surface area contributed by atoms with Crippen LogP contribution in [0.2, 0.25) is 0 Å². The highest BCUT2D eigenvalue weighted by molar-refractivity contribution is 5.18. The van der Waals surface area contributed by atoms with Crippen molar-refractivity contribution in [3.05, 3.63) is 48.5 Å². The summed E-state index contributed by atoms with van der Waals surface area (Å²) in [5, 5.41) is 4.28. The first kappa shape index (κ1) is 10.8. The van der Waals surface area contributed by atoms with E-state index in [1.807, 2.05) is 29.1 Å². The molecule has 84 valence electrons. The third kappa shape index (κ3) is 2.12. The second-order valence-electron chi connectivity index (χ2n) is 3.78. The first-order valence-electron chi connectivity index (χ1n) is 5.47. The highest BCUT2D eigenvalue weighted by Crippen LogP contribution is 2.21. The van der Waals surface area contributed by atoms with Crippen LogP contribution in [0.5, 0.6) is 0 Å². The molecule has 0 spiro atoms. The second-order valence-corrected chi connectivity index (χ2v) is 3.78. The Kier molecular flexibility index (Phi) is 3.31. The molecule has 0 bridgehead atoms. The minimum atomic E-state index is 0.0577. The molecule has 2 aromatic heterocycles. The van der Waals surface area contributed by atoms with Crippen molar-refractivity contribution in [3.63, 3.8) is 0 Å². The van der Waals surface area contributed by atoms with Crippen molar-refractivity contribution in [1.82, 2.24) is 14.8 Å². The van der Waals surface area contributed by atoms with E-state index >= 15 is 0 Å². The normalized spacial score (nSPS) is 14.6. The molecule has 0 aromatic carbocycles. The maximum Gasteiger partial charge on any atom is 0.0920 e. The molecule has 0 aliphatic carbocycles. The lowest BCUT2D eigenvalue weighted by Crippen LogP contribution is -2.32. The summed E-state index contributed by atoms with van der Waals surface area (Å²) in [7, 11) is 0. The van der Waals surface area contributed by atoms with Gasteiger partial charge in [0, 0.05) is 30.8 Å². The quantitative estimate of drug-likeness (QED) is 0.844. The third-order valence-corrected chi connectivity index (χ3v) is 2.73. The number of nitrogens with zero attached hydrogens (tertiary/aromatic N) is 3. The minimum absolute atomic E-state index is 0.0577. The van der Waals surface area contributed by atoms with Gasteiger partial charge in [-0.15, -0.1) is 0 Å². The molecule has 0 fully saturated rings. The van der Waals surface area contributed by atoms with Crippen molar-refractivity contribution >= 4 is 0 Å². The number of hydrogen-bond donors (Lipinski definition) is 1. The standard InChI is InChI=1S/C12H16N4/c1-2-11(13)12(16-9-3-6-15-16)10-4-7-14-8-5-10/h3-9,11-12H,2,13H2,1H3. The number of pyridine rings is 1. The van der Waals surface area contributed by atoms with Gasteiger partial charge in [0.05, 0.1) is 6.04 Å². The van der Waals surface area contributed by atoms with E-state index in [-0.39, 0.29) is 12.1 Å². The first-order valence-corrected chi connectivity index (χ1v) is 5.47. The van der Waals surface area contributed by atoms with Crippen molar-refractivity contribution in [2.24, 2.45) is 5.73 Å². The summed E-state index contributed by atoms with van der Waals surface area (Å²) < 4.78 is 1.91. The molecule has 0 radical (unpaired) electrons. The Bertz CT molecular complexity index is 410. The van der Waals surface area contributed by atoms with E-state index in [1.165, 1.54) is 0 Å². The predicted octanol–water partition coefficient (Wildman–Crippen LogP) is 1.60. The molecule has 2 atom stereocenters. The Morgan fingerprint density at radius 1 is 1.31 bits per heavy atom. The molecule has 0 saturated carbocycles. The zero-order valence-corrected chi connectivity index (χ0v) is 9.32. The zero-order chi connectivity index (χ0) is 11.4. The van der Waals surface area contributed by atoms with Crippen molar-refractivity contribution in [2.75, 3.05) is 0 Å². The minimum Gasteiger partial charge on any atom is -0.326 e. The highest BCUT2D eigenvalue weighted by atomic mass is 15.3. The van der Waals surface area contributed by atoms with Gasteiger partial charge in [0.1, 0.15) is 0 Å². The third-order valence-electron chi connectivity index (χ3n) is 2.73. The monoisotopic (exact) mass is 216 g/mol. The molecular formula is C12H16N4. The average molecular weight is 216 g/mol. The van der Waals surface area contributed by atoms with Gasteiger partial charge < -0.3 is 5.73 Å². The summed E-state index contributed by atoms with van der Waals surface area (Å²) in [5.41, 5.74) is 7.31. The Morgan fingerprint density at radius 3 is 2.62 bits per heavy atom. The van der Waals surface area contributed by atoms with Crippen LogP contribution in [0.25, 0.3) is 0 Å². The van der Waals surface area contributed by atoms with Gasteiger partial charge in [-0.25, -0.2) is 0 Å². The summed E-state index contributed by atoms with van der Waals surface area (Å²) in [6.45, 7) is 2.09. The molecule has 0 saturated heterocycles. The second kappa shape index (κ2) is 4.90. The molecule has 2 N–H and O–H groups in total. The van der Waals surface area contributed by atoms with E-state index in [2.05, 4.69) is 17.0 Å². The SMILES string of the molecule is CCC(N)C(c1ccncc1)n1cccn1. The molecule has 0 aliphatic rings. The number of hydrogen-bond acceptors (Lipinski definition) is 3. The van der Waals surface area contributed by atoms with Crippen LogP contribution < -0.4 is 5.73 Å². The van der Waals surface area contributed by atoms with Gasteiger partial charge in [0.15, 0.2) is 0 Å². The fourth-order valence-corrected chi connectivity index (χ4v) is 1.83. The van der Waals surface area contributed by atoms with Crippen LogP contribution in [-0.2, 0) is 0 Å². The van der Waals surface area contributed by atoms with Crippen LogP contribution in [0, 0.1) is 0 Å². The van der Waals surface area contributed by atoms with Gasteiger partial charge in [-0.05, 0) is 30.2 Å².